The Balaban J connectivity index is 1.53. The molecular formula is C19H28N2OS. The topological polar surface area (TPSA) is 32.3 Å². The van der Waals surface area contributed by atoms with E-state index in [9.17, 15) is 4.79 Å². The van der Waals surface area contributed by atoms with Crippen LogP contribution in [-0.2, 0) is 4.79 Å². The van der Waals surface area contributed by atoms with Gasteiger partial charge in [-0.3, -0.25) is 9.69 Å². The number of thioether (sulfide) groups is 1. The Kier molecular flexibility index (Phi) is 6.01. The number of nitrogens with one attached hydrogen (secondary N) is 1. The van der Waals surface area contributed by atoms with Gasteiger partial charge in [-0.1, -0.05) is 25.3 Å². The highest BCUT2D eigenvalue weighted by atomic mass is 32.2. The molecule has 0 saturated heterocycles. The third kappa shape index (κ3) is 5.25. The summed E-state index contributed by atoms with van der Waals surface area (Å²) in [6, 6.07) is 8.74. The number of carbonyl (C=O) groups excluding carboxylic acids is 1. The highest BCUT2D eigenvalue weighted by molar-refractivity contribution is 7.98. The van der Waals surface area contributed by atoms with Crippen LogP contribution < -0.4 is 5.32 Å². The van der Waals surface area contributed by atoms with Gasteiger partial charge in [0.05, 0.1) is 6.54 Å². The lowest BCUT2D eigenvalue weighted by atomic mass is 9.89. The van der Waals surface area contributed by atoms with Crippen LogP contribution in [0, 0.1) is 5.92 Å². The van der Waals surface area contributed by atoms with E-state index in [1.807, 2.05) is 18.2 Å². The highest BCUT2D eigenvalue weighted by Gasteiger charge is 2.32. The van der Waals surface area contributed by atoms with E-state index in [0.717, 1.165) is 18.2 Å². The number of rotatable bonds is 7. The lowest BCUT2D eigenvalue weighted by molar-refractivity contribution is -0.117. The average molecular weight is 333 g/mol. The van der Waals surface area contributed by atoms with Crippen LogP contribution in [0.25, 0.3) is 0 Å². The molecule has 4 heteroatoms. The summed E-state index contributed by atoms with van der Waals surface area (Å²) in [5.41, 5.74) is 0.912. The Morgan fingerprint density at radius 3 is 2.70 bits per heavy atom. The minimum Gasteiger partial charge on any atom is -0.325 e. The van der Waals surface area contributed by atoms with Crippen LogP contribution in [0.1, 0.15) is 44.9 Å². The van der Waals surface area contributed by atoms with E-state index >= 15 is 0 Å². The smallest absolute Gasteiger partial charge is 0.238 e. The number of carbonyl (C=O) groups is 1. The first kappa shape index (κ1) is 16.8. The summed E-state index contributed by atoms with van der Waals surface area (Å²) in [6.07, 6.45) is 11.4. The molecule has 1 aromatic carbocycles. The monoisotopic (exact) mass is 332 g/mol. The van der Waals surface area contributed by atoms with Crippen LogP contribution in [0.4, 0.5) is 5.69 Å². The molecule has 0 aliphatic heterocycles. The number of hydrogen-bond donors (Lipinski definition) is 1. The van der Waals surface area contributed by atoms with Crippen molar-refractivity contribution in [3.63, 3.8) is 0 Å². The quantitative estimate of drug-likeness (QED) is 0.752. The van der Waals surface area contributed by atoms with Gasteiger partial charge in [-0.15, -0.1) is 11.8 Å². The molecule has 0 bridgehead atoms. The van der Waals surface area contributed by atoms with Gasteiger partial charge < -0.3 is 5.32 Å². The number of benzene rings is 1. The fourth-order valence-corrected chi connectivity index (χ4v) is 4.03. The minimum atomic E-state index is 0.131. The van der Waals surface area contributed by atoms with Crippen molar-refractivity contribution in [2.45, 2.75) is 55.9 Å². The first-order valence-corrected chi connectivity index (χ1v) is 10.1. The lowest BCUT2D eigenvalue weighted by Crippen LogP contribution is -2.38. The van der Waals surface area contributed by atoms with E-state index in [1.54, 1.807) is 11.8 Å². The molecule has 1 amide bonds. The predicted octanol–water partition coefficient (Wildman–Crippen LogP) is 4.39. The zero-order chi connectivity index (χ0) is 16.1. The number of hydrogen-bond acceptors (Lipinski definition) is 3. The minimum absolute atomic E-state index is 0.131. The van der Waals surface area contributed by atoms with Crippen molar-refractivity contribution in [2.24, 2.45) is 5.92 Å². The van der Waals surface area contributed by atoms with Crippen LogP contribution in [0.2, 0.25) is 0 Å². The largest absolute Gasteiger partial charge is 0.325 e. The van der Waals surface area contributed by atoms with Gasteiger partial charge in [0.1, 0.15) is 0 Å². The molecule has 2 aliphatic carbocycles. The van der Waals surface area contributed by atoms with Crippen LogP contribution in [-0.4, -0.2) is 36.2 Å². The Morgan fingerprint density at radius 2 is 2.00 bits per heavy atom. The molecule has 126 valence electrons. The summed E-state index contributed by atoms with van der Waals surface area (Å²) in [6.45, 7) is 1.66. The van der Waals surface area contributed by atoms with Gasteiger partial charge in [0.25, 0.3) is 0 Å². The standard InChI is InChI=1S/C19H28N2OS/c1-23-18-9-5-8-16(12-18)20-19(22)14-21(17-10-11-17)13-15-6-3-2-4-7-15/h5,8-9,12,15,17H,2-4,6-7,10-11,13-14H2,1H3,(H,20,22). The van der Waals surface area contributed by atoms with Gasteiger partial charge >= 0.3 is 0 Å². The molecule has 0 atom stereocenters. The number of nitrogens with zero attached hydrogens (tertiary/aromatic N) is 1. The van der Waals surface area contributed by atoms with E-state index < -0.39 is 0 Å². The fraction of sp³-hybridized carbons (Fsp3) is 0.632. The maximum Gasteiger partial charge on any atom is 0.238 e. The molecule has 0 aromatic heterocycles. The Labute approximate surface area is 144 Å². The summed E-state index contributed by atoms with van der Waals surface area (Å²) in [7, 11) is 0. The zero-order valence-corrected chi connectivity index (χ0v) is 14.9. The maximum absolute atomic E-state index is 12.4. The van der Waals surface area contributed by atoms with Crippen LogP contribution >= 0.6 is 11.8 Å². The van der Waals surface area contributed by atoms with Crippen LogP contribution in [0.15, 0.2) is 29.2 Å². The number of anilines is 1. The second-order valence-electron chi connectivity index (χ2n) is 6.94. The van der Waals surface area contributed by atoms with Crippen molar-refractivity contribution < 1.29 is 4.79 Å². The van der Waals surface area contributed by atoms with E-state index in [1.165, 1.54) is 49.8 Å². The van der Waals surface area contributed by atoms with E-state index in [-0.39, 0.29) is 5.91 Å². The molecule has 0 radical (unpaired) electrons. The summed E-state index contributed by atoms with van der Waals surface area (Å²) in [5.74, 6) is 0.933. The molecule has 1 N–H and O–H groups in total. The molecule has 3 nitrogen and oxygen atoms in total. The molecular weight excluding hydrogens is 304 g/mol. The van der Waals surface area contributed by atoms with E-state index in [0.29, 0.717) is 12.6 Å². The normalized spacial score (nSPS) is 19.0. The van der Waals surface area contributed by atoms with Gasteiger partial charge in [-0.05, 0) is 56.1 Å². The number of amides is 1. The van der Waals surface area contributed by atoms with Crippen molar-refractivity contribution in [1.82, 2.24) is 4.90 Å². The first-order valence-electron chi connectivity index (χ1n) is 8.92. The molecule has 0 unspecified atom stereocenters. The summed E-state index contributed by atoms with van der Waals surface area (Å²) >= 11 is 1.70. The van der Waals surface area contributed by atoms with E-state index in [2.05, 4.69) is 22.5 Å². The Bertz CT molecular complexity index is 524. The predicted molar refractivity (Wildman–Crippen MR) is 98.0 cm³/mol. The molecule has 23 heavy (non-hydrogen) atoms. The van der Waals surface area contributed by atoms with E-state index in [4.69, 9.17) is 0 Å². The highest BCUT2D eigenvalue weighted by Crippen LogP contribution is 2.31. The zero-order valence-electron chi connectivity index (χ0n) is 14.1. The summed E-state index contributed by atoms with van der Waals surface area (Å²) in [5, 5.41) is 3.07. The van der Waals surface area contributed by atoms with Crippen molar-refractivity contribution in [2.75, 3.05) is 24.7 Å². The van der Waals surface area contributed by atoms with Crippen LogP contribution in [0.5, 0.6) is 0 Å². The molecule has 2 aliphatic rings. The summed E-state index contributed by atoms with van der Waals surface area (Å²) in [4.78, 5) is 16.1. The second kappa shape index (κ2) is 8.20. The van der Waals surface area contributed by atoms with Crippen molar-refractivity contribution in [3.8, 4) is 0 Å². The van der Waals surface area contributed by atoms with Gasteiger partial charge in [0, 0.05) is 23.2 Å². The summed E-state index contributed by atoms with van der Waals surface area (Å²) < 4.78 is 0. The van der Waals surface area contributed by atoms with Gasteiger partial charge in [0.2, 0.25) is 5.91 Å². The lowest BCUT2D eigenvalue weighted by Gasteiger charge is -2.29. The Hall–Kier alpha value is -1.00. The third-order valence-electron chi connectivity index (χ3n) is 4.98. The molecule has 0 spiro atoms. The molecule has 2 fully saturated rings. The Morgan fingerprint density at radius 1 is 1.22 bits per heavy atom. The van der Waals surface area contributed by atoms with Crippen molar-refractivity contribution in [1.29, 1.82) is 0 Å². The molecule has 3 rings (SSSR count). The fourth-order valence-electron chi connectivity index (χ4n) is 3.57. The van der Waals surface area contributed by atoms with Gasteiger partial charge in [-0.25, -0.2) is 0 Å². The van der Waals surface area contributed by atoms with Crippen molar-refractivity contribution in [3.05, 3.63) is 24.3 Å². The van der Waals surface area contributed by atoms with Gasteiger partial charge in [0.15, 0.2) is 0 Å². The van der Waals surface area contributed by atoms with Crippen molar-refractivity contribution >= 4 is 23.4 Å². The second-order valence-corrected chi connectivity index (χ2v) is 7.82. The van der Waals surface area contributed by atoms with Crippen LogP contribution in [0.3, 0.4) is 0 Å². The average Bonchev–Trinajstić information content (AvgIpc) is 3.40. The molecule has 0 heterocycles. The molecule has 1 aromatic rings. The third-order valence-corrected chi connectivity index (χ3v) is 5.71. The SMILES string of the molecule is CSc1cccc(NC(=O)CN(CC2CCCCC2)C2CC2)c1. The maximum atomic E-state index is 12.4. The first-order chi connectivity index (χ1) is 11.2. The molecule has 2 saturated carbocycles. The van der Waals surface area contributed by atoms with Gasteiger partial charge in [-0.2, -0.15) is 0 Å².